The summed E-state index contributed by atoms with van der Waals surface area (Å²) in [6, 6.07) is 58.7. The third-order valence-electron chi connectivity index (χ3n) is 9.77. The Labute approximate surface area is 292 Å². The van der Waals surface area contributed by atoms with E-state index in [1.807, 2.05) is 66.7 Å². The van der Waals surface area contributed by atoms with E-state index in [0.717, 1.165) is 44.6 Å². The standard InChI is InChI=1S/C45H30N6/c46-44(49-45-47-38-23-10-7-22-35(38)43(48-45)29-14-3-1-4-15-29)30-16-13-19-32(26-30)51-40-25-12-9-21-34(40)37-27-41-36(28-42(37)51)33-20-8-11-24-39(33)50(41)31-17-5-2-6-18-31/h1-28H,(H2,46,47,48,49). The summed E-state index contributed by atoms with van der Waals surface area (Å²) in [7, 11) is 0. The van der Waals surface area contributed by atoms with E-state index >= 15 is 0 Å². The molecule has 0 radical (unpaired) electrons. The van der Waals surface area contributed by atoms with Crippen molar-refractivity contribution in [3.8, 4) is 22.6 Å². The smallest absolute Gasteiger partial charge is 0.229 e. The number of nitrogens with zero attached hydrogens (tertiary/aromatic N) is 4. The van der Waals surface area contributed by atoms with Gasteiger partial charge < -0.3 is 14.1 Å². The number of hydrogen-bond acceptors (Lipinski definition) is 2. The fourth-order valence-electron chi connectivity index (χ4n) is 7.51. The Morgan fingerprint density at radius 1 is 0.490 bits per heavy atom. The van der Waals surface area contributed by atoms with E-state index in [1.165, 1.54) is 32.6 Å². The Morgan fingerprint density at radius 2 is 1.04 bits per heavy atom. The highest BCUT2D eigenvalue weighted by atomic mass is 15.0. The molecule has 0 aliphatic rings. The van der Waals surface area contributed by atoms with Crippen molar-refractivity contribution in [3.63, 3.8) is 0 Å². The minimum Gasteiger partial charge on any atom is -0.323 e. The molecule has 0 atom stereocenters. The Kier molecular flexibility index (Phi) is 6.54. The van der Waals surface area contributed by atoms with Gasteiger partial charge in [0.25, 0.3) is 0 Å². The minimum absolute atomic E-state index is 0.129. The normalized spacial score (nSPS) is 12.1. The highest BCUT2D eigenvalue weighted by molar-refractivity contribution is 6.19. The number of amidine groups is 1. The molecule has 0 fully saturated rings. The number of H-pyrrole nitrogens is 1. The topological polar surface area (TPSA) is 74.8 Å². The minimum atomic E-state index is 0.129. The predicted octanol–water partition coefficient (Wildman–Crippen LogP) is 10.4. The fourth-order valence-corrected chi connectivity index (χ4v) is 7.51. The molecule has 0 bridgehead atoms. The Morgan fingerprint density at radius 3 is 1.73 bits per heavy atom. The third-order valence-corrected chi connectivity index (χ3v) is 9.77. The average Bonchev–Trinajstić information content (AvgIpc) is 3.69. The zero-order valence-corrected chi connectivity index (χ0v) is 27.5. The molecule has 6 heteroatoms. The van der Waals surface area contributed by atoms with Crippen molar-refractivity contribution < 1.29 is 0 Å². The van der Waals surface area contributed by atoms with Crippen LogP contribution in [-0.2, 0) is 0 Å². The van der Waals surface area contributed by atoms with Gasteiger partial charge in [0.2, 0.25) is 5.62 Å². The third kappa shape index (κ3) is 4.69. The zero-order valence-electron chi connectivity index (χ0n) is 27.5. The van der Waals surface area contributed by atoms with Crippen LogP contribution in [-0.4, -0.2) is 24.9 Å². The Balaban J connectivity index is 1.15. The van der Waals surface area contributed by atoms with Crippen LogP contribution in [0.25, 0.3) is 77.1 Å². The average molecular weight is 655 g/mol. The second-order valence-corrected chi connectivity index (χ2v) is 12.8. The molecule has 10 aromatic rings. The van der Waals surface area contributed by atoms with Gasteiger partial charge in [-0.25, -0.2) is 4.98 Å². The van der Waals surface area contributed by atoms with Crippen LogP contribution in [0.2, 0.25) is 0 Å². The summed E-state index contributed by atoms with van der Waals surface area (Å²) < 4.78 is 4.67. The van der Waals surface area contributed by atoms with E-state index in [2.05, 4.69) is 117 Å². The highest BCUT2D eigenvalue weighted by Crippen LogP contribution is 2.39. The highest BCUT2D eigenvalue weighted by Gasteiger charge is 2.18. The van der Waals surface area contributed by atoms with Crippen LogP contribution in [0.3, 0.4) is 0 Å². The predicted molar refractivity (Wildman–Crippen MR) is 209 cm³/mol. The van der Waals surface area contributed by atoms with Gasteiger partial charge in [0.05, 0.1) is 33.3 Å². The number of aromatic nitrogens is 4. The molecule has 2 N–H and O–H groups in total. The van der Waals surface area contributed by atoms with Gasteiger partial charge in [0, 0.05) is 49.4 Å². The molecule has 240 valence electrons. The molecule has 0 unspecified atom stereocenters. The van der Waals surface area contributed by atoms with Gasteiger partial charge in [-0.05, 0) is 54.6 Å². The van der Waals surface area contributed by atoms with Crippen molar-refractivity contribution in [2.45, 2.75) is 0 Å². The van der Waals surface area contributed by atoms with Gasteiger partial charge in [-0.2, -0.15) is 4.99 Å². The summed E-state index contributed by atoms with van der Waals surface area (Å²) in [6.07, 6.45) is 0. The van der Waals surface area contributed by atoms with Gasteiger partial charge in [0.1, 0.15) is 0 Å². The summed E-state index contributed by atoms with van der Waals surface area (Å²) >= 11 is 0. The maximum absolute atomic E-state index is 9.14. The first kappa shape index (κ1) is 28.9. The van der Waals surface area contributed by atoms with Gasteiger partial charge in [0.15, 0.2) is 5.84 Å². The Hall–Kier alpha value is -7.05. The molecule has 0 aliphatic carbocycles. The maximum Gasteiger partial charge on any atom is 0.229 e. The van der Waals surface area contributed by atoms with E-state index in [4.69, 9.17) is 15.4 Å². The number of aromatic amines is 1. The molecule has 6 nitrogen and oxygen atoms in total. The van der Waals surface area contributed by atoms with Crippen molar-refractivity contribution in [1.29, 1.82) is 5.41 Å². The van der Waals surface area contributed by atoms with Gasteiger partial charge in [-0.3, -0.25) is 5.41 Å². The van der Waals surface area contributed by atoms with E-state index in [0.29, 0.717) is 11.2 Å². The van der Waals surface area contributed by atoms with Crippen LogP contribution in [0.1, 0.15) is 5.56 Å². The lowest BCUT2D eigenvalue weighted by Crippen LogP contribution is -2.17. The lowest BCUT2D eigenvalue weighted by Gasteiger charge is -2.10. The van der Waals surface area contributed by atoms with Crippen molar-refractivity contribution in [2.75, 3.05) is 0 Å². The van der Waals surface area contributed by atoms with Crippen molar-refractivity contribution in [2.24, 2.45) is 4.99 Å². The summed E-state index contributed by atoms with van der Waals surface area (Å²) in [5, 5.41) is 14.9. The summed E-state index contributed by atoms with van der Waals surface area (Å²) in [6.45, 7) is 0. The number of fused-ring (bicyclic) bond motifs is 7. The number of para-hydroxylation sites is 4. The first-order chi connectivity index (χ1) is 25.2. The molecule has 10 rings (SSSR count). The summed E-state index contributed by atoms with van der Waals surface area (Å²) in [4.78, 5) is 13.0. The number of nitrogens with one attached hydrogen (secondary N) is 2. The van der Waals surface area contributed by atoms with Crippen LogP contribution in [0.5, 0.6) is 0 Å². The molecule has 0 spiro atoms. The van der Waals surface area contributed by atoms with Crippen molar-refractivity contribution >= 4 is 60.4 Å². The molecule has 51 heavy (non-hydrogen) atoms. The summed E-state index contributed by atoms with van der Waals surface area (Å²) in [5.74, 6) is 0.129. The molecule has 0 aliphatic heterocycles. The molecule has 7 aromatic carbocycles. The van der Waals surface area contributed by atoms with Crippen molar-refractivity contribution in [3.05, 3.63) is 181 Å². The fraction of sp³-hybridized carbons (Fsp3) is 0. The lowest BCUT2D eigenvalue weighted by atomic mass is 10.1. The van der Waals surface area contributed by atoms with Gasteiger partial charge in [-0.15, -0.1) is 0 Å². The number of hydrogen-bond donors (Lipinski definition) is 2. The lowest BCUT2D eigenvalue weighted by molar-refractivity contribution is 1.05. The Bertz CT molecular complexity index is 3040. The monoisotopic (exact) mass is 654 g/mol. The molecule has 0 amide bonds. The van der Waals surface area contributed by atoms with Crippen LogP contribution in [0, 0.1) is 5.41 Å². The van der Waals surface area contributed by atoms with Crippen LogP contribution < -0.4 is 5.62 Å². The van der Waals surface area contributed by atoms with E-state index in [9.17, 15) is 0 Å². The molecule has 0 saturated heterocycles. The molecular weight excluding hydrogens is 625 g/mol. The molecular formula is C45H30N6. The van der Waals surface area contributed by atoms with E-state index < -0.39 is 0 Å². The van der Waals surface area contributed by atoms with Crippen molar-refractivity contribution in [1.82, 2.24) is 19.1 Å². The van der Waals surface area contributed by atoms with Crippen LogP contribution in [0.15, 0.2) is 175 Å². The van der Waals surface area contributed by atoms with E-state index in [-0.39, 0.29) is 5.84 Å². The molecule has 3 heterocycles. The summed E-state index contributed by atoms with van der Waals surface area (Å²) in [5.41, 5.74) is 10.5. The van der Waals surface area contributed by atoms with Gasteiger partial charge in [-0.1, -0.05) is 115 Å². The maximum atomic E-state index is 9.14. The molecule has 3 aromatic heterocycles. The van der Waals surface area contributed by atoms with Crippen LogP contribution >= 0.6 is 0 Å². The first-order valence-electron chi connectivity index (χ1n) is 17.0. The van der Waals surface area contributed by atoms with Crippen LogP contribution in [0.4, 0.5) is 0 Å². The quantitative estimate of drug-likeness (QED) is 0.144. The number of rotatable bonds is 4. The second kappa shape index (κ2) is 11.5. The first-order valence-corrected chi connectivity index (χ1v) is 17.0. The second-order valence-electron chi connectivity index (χ2n) is 12.8. The number of benzene rings is 7. The largest absolute Gasteiger partial charge is 0.323 e. The van der Waals surface area contributed by atoms with E-state index in [1.54, 1.807) is 0 Å². The van der Waals surface area contributed by atoms with Gasteiger partial charge >= 0.3 is 0 Å². The SMILES string of the molecule is N=C(/N=c1/nc(-c2ccccc2)c2ccccc2[nH]1)c1cccc(-n2c3ccccc3c3cc4c(cc32)c2ccccc2n4-c2ccccc2)c1. The molecule has 0 saturated carbocycles. The zero-order chi connectivity index (χ0) is 33.9.